The Bertz CT molecular complexity index is 421. The molecule has 0 saturated carbocycles. The highest BCUT2D eigenvalue weighted by Gasteiger charge is 2.25. The van der Waals surface area contributed by atoms with Gasteiger partial charge in [0.1, 0.15) is 0 Å². The molecule has 106 valence electrons. The minimum atomic E-state index is 0.105. The molecule has 0 radical (unpaired) electrons. The molecule has 1 saturated heterocycles. The minimum absolute atomic E-state index is 0.105. The van der Waals surface area contributed by atoms with Gasteiger partial charge < -0.3 is 11.1 Å². The van der Waals surface area contributed by atoms with E-state index in [0.29, 0.717) is 13.1 Å². The van der Waals surface area contributed by atoms with E-state index in [-0.39, 0.29) is 11.8 Å². The van der Waals surface area contributed by atoms with Crippen LogP contribution in [-0.4, -0.2) is 42.0 Å². The zero-order chi connectivity index (χ0) is 13.7. The Kier molecular flexibility index (Phi) is 5.30. The summed E-state index contributed by atoms with van der Waals surface area (Å²) in [6, 6.07) is 0. The maximum Gasteiger partial charge on any atom is 0.224 e. The predicted octanol–water partition coefficient (Wildman–Crippen LogP) is 0.738. The number of hydrogen-bond donors (Lipinski definition) is 2. The van der Waals surface area contributed by atoms with Gasteiger partial charge in [-0.05, 0) is 26.3 Å². The van der Waals surface area contributed by atoms with E-state index in [1.165, 1.54) is 4.88 Å². The van der Waals surface area contributed by atoms with Crippen molar-refractivity contribution < 1.29 is 4.79 Å². The fraction of sp³-hybridized carbons (Fsp3) is 0.692. The van der Waals surface area contributed by atoms with Gasteiger partial charge in [0, 0.05) is 31.1 Å². The Morgan fingerprint density at radius 3 is 3.21 bits per heavy atom. The molecular formula is C13H22N4OS. The van der Waals surface area contributed by atoms with Gasteiger partial charge in [-0.3, -0.25) is 9.69 Å². The first kappa shape index (κ1) is 14.4. The van der Waals surface area contributed by atoms with Crippen molar-refractivity contribution in [2.24, 2.45) is 11.7 Å². The molecule has 1 aliphatic rings. The molecule has 1 aromatic heterocycles. The van der Waals surface area contributed by atoms with Crippen LogP contribution in [0.3, 0.4) is 0 Å². The topological polar surface area (TPSA) is 71.2 Å². The fourth-order valence-electron chi connectivity index (χ4n) is 2.43. The van der Waals surface area contributed by atoms with Gasteiger partial charge >= 0.3 is 0 Å². The third-order valence-electron chi connectivity index (χ3n) is 3.53. The summed E-state index contributed by atoms with van der Waals surface area (Å²) in [6.45, 7) is 5.94. The van der Waals surface area contributed by atoms with Crippen LogP contribution in [0.5, 0.6) is 0 Å². The highest BCUT2D eigenvalue weighted by molar-refractivity contribution is 7.09. The van der Waals surface area contributed by atoms with Gasteiger partial charge in [0.05, 0.1) is 17.1 Å². The maximum atomic E-state index is 12.0. The first-order valence-corrected chi connectivity index (χ1v) is 7.67. The number of nitrogens with two attached hydrogens (primary N) is 1. The molecule has 3 N–H and O–H groups in total. The molecule has 19 heavy (non-hydrogen) atoms. The van der Waals surface area contributed by atoms with E-state index in [1.54, 1.807) is 11.3 Å². The van der Waals surface area contributed by atoms with E-state index in [4.69, 9.17) is 5.73 Å². The van der Waals surface area contributed by atoms with Crippen molar-refractivity contribution in [3.05, 3.63) is 16.1 Å². The number of amides is 1. The number of hydrogen-bond acceptors (Lipinski definition) is 5. The number of thiazole rings is 1. The van der Waals surface area contributed by atoms with Crippen molar-refractivity contribution in [1.82, 2.24) is 15.2 Å². The molecule has 6 heteroatoms. The number of nitrogens with one attached hydrogen (secondary N) is 1. The van der Waals surface area contributed by atoms with Crippen molar-refractivity contribution in [2.45, 2.75) is 26.3 Å². The number of likely N-dealkylation sites (tertiary alicyclic amines) is 1. The number of piperidine rings is 1. The van der Waals surface area contributed by atoms with E-state index in [9.17, 15) is 4.79 Å². The van der Waals surface area contributed by atoms with Crippen molar-refractivity contribution >= 4 is 17.2 Å². The van der Waals surface area contributed by atoms with Crippen LogP contribution in [0.1, 0.15) is 23.4 Å². The zero-order valence-corrected chi connectivity index (χ0v) is 12.2. The van der Waals surface area contributed by atoms with E-state index >= 15 is 0 Å². The highest BCUT2D eigenvalue weighted by atomic mass is 32.1. The molecule has 1 unspecified atom stereocenters. The molecule has 2 rings (SSSR count). The van der Waals surface area contributed by atoms with Crippen molar-refractivity contribution in [3.8, 4) is 0 Å². The lowest BCUT2D eigenvalue weighted by Gasteiger charge is -2.31. The normalized spacial score (nSPS) is 20.4. The Morgan fingerprint density at radius 1 is 1.68 bits per heavy atom. The monoisotopic (exact) mass is 282 g/mol. The van der Waals surface area contributed by atoms with E-state index < -0.39 is 0 Å². The van der Waals surface area contributed by atoms with Gasteiger partial charge in [-0.2, -0.15) is 0 Å². The first-order valence-electron chi connectivity index (χ1n) is 6.79. The SMILES string of the molecule is Cc1ncsc1CN1CCCC(C(=O)NCCN)C1. The number of carbonyl (C=O) groups excluding carboxylic acids is 1. The lowest BCUT2D eigenvalue weighted by Crippen LogP contribution is -2.43. The number of carbonyl (C=O) groups is 1. The van der Waals surface area contributed by atoms with Crippen LogP contribution in [0.25, 0.3) is 0 Å². The second-order valence-corrected chi connectivity index (χ2v) is 5.95. The minimum Gasteiger partial charge on any atom is -0.355 e. The third-order valence-corrected chi connectivity index (χ3v) is 4.45. The summed E-state index contributed by atoms with van der Waals surface area (Å²) in [4.78, 5) is 19.9. The van der Waals surface area contributed by atoms with Gasteiger partial charge in [-0.25, -0.2) is 4.98 Å². The van der Waals surface area contributed by atoms with Crippen molar-refractivity contribution in [2.75, 3.05) is 26.2 Å². The molecule has 1 aromatic rings. The number of aryl methyl sites for hydroxylation is 1. The van der Waals surface area contributed by atoms with Crippen LogP contribution < -0.4 is 11.1 Å². The van der Waals surface area contributed by atoms with Crippen LogP contribution >= 0.6 is 11.3 Å². The standard InChI is InChI=1S/C13H22N4OS/c1-10-12(19-9-16-10)8-17-6-2-3-11(7-17)13(18)15-5-4-14/h9,11H,2-8,14H2,1H3,(H,15,18). The Hall–Kier alpha value is -0.980. The summed E-state index contributed by atoms with van der Waals surface area (Å²) in [5.74, 6) is 0.254. The smallest absolute Gasteiger partial charge is 0.224 e. The molecule has 1 fully saturated rings. The van der Waals surface area contributed by atoms with Crippen LogP contribution in [0.2, 0.25) is 0 Å². The van der Waals surface area contributed by atoms with Crippen LogP contribution in [0, 0.1) is 12.8 Å². The summed E-state index contributed by atoms with van der Waals surface area (Å²) in [6.07, 6.45) is 2.06. The van der Waals surface area contributed by atoms with Crippen LogP contribution in [0.15, 0.2) is 5.51 Å². The van der Waals surface area contributed by atoms with Gasteiger partial charge in [-0.1, -0.05) is 0 Å². The lowest BCUT2D eigenvalue weighted by atomic mass is 9.97. The number of rotatable bonds is 5. The summed E-state index contributed by atoms with van der Waals surface area (Å²) in [5.41, 5.74) is 8.41. The zero-order valence-electron chi connectivity index (χ0n) is 11.4. The molecule has 0 spiro atoms. The number of nitrogens with zero attached hydrogens (tertiary/aromatic N) is 2. The van der Waals surface area contributed by atoms with Gasteiger partial charge in [0.15, 0.2) is 0 Å². The molecule has 0 aliphatic carbocycles. The Labute approximate surface area is 118 Å². The Balaban J connectivity index is 1.86. The highest BCUT2D eigenvalue weighted by Crippen LogP contribution is 2.21. The molecule has 5 nitrogen and oxygen atoms in total. The summed E-state index contributed by atoms with van der Waals surface area (Å²) >= 11 is 1.70. The van der Waals surface area contributed by atoms with E-state index in [2.05, 4.69) is 15.2 Å². The molecule has 0 aromatic carbocycles. The third kappa shape index (κ3) is 3.99. The lowest BCUT2D eigenvalue weighted by molar-refractivity contribution is -0.126. The van der Waals surface area contributed by atoms with Gasteiger partial charge in [-0.15, -0.1) is 11.3 Å². The van der Waals surface area contributed by atoms with Crippen molar-refractivity contribution in [3.63, 3.8) is 0 Å². The van der Waals surface area contributed by atoms with Crippen LogP contribution in [0.4, 0.5) is 0 Å². The average molecular weight is 282 g/mol. The number of aromatic nitrogens is 1. The largest absolute Gasteiger partial charge is 0.355 e. The first-order chi connectivity index (χ1) is 9.20. The summed E-state index contributed by atoms with van der Waals surface area (Å²) < 4.78 is 0. The van der Waals surface area contributed by atoms with E-state index in [0.717, 1.165) is 38.2 Å². The molecule has 0 bridgehead atoms. The van der Waals surface area contributed by atoms with Crippen molar-refractivity contribution in [1.29, 1.82) is 0 Å². The van der Waals surface area contributed by atoms with Gasteiger partial charge in [0.25, 0.3) is 0 Å². The molecule has 1 aliphatic heterocycles. The summed E-state index contributed by atoms with van der Waals surface area (Å²) in [7, 11) is 0. The Morgan fingerprint density at radius 2 is 2.53 bits per heavy atom. The fourth-order valence-corrected chi connectivity index (χ4v) is 3.25. The second-order valence-electron chi connectivity index (χ2n) is 5.01. The molecule has 1 atom stereocenters. The van der Waals surface area contributed by atoms with E-state index in [1.807, 2.05) is 12.4 Å². The second kappa shape index (κ2) is 6.98. The summed E-state index contributed by atoms with van der Waals surface area (Å²) in [5, 5.41) is 2.89. The van der Waals surface area contributed by atoms with Crippen LogP contribution in [-0.2, 0) is 11.3 Å². The molecule has 1 amide bonds. The predicted molar refractivity (Wildman–Crippen MR) is 76.9 cm³/mol. The molecular weight excluding hydrogens is 260 g/mol. The quantitative estimate of drug-likeness (QED) is 0.835. The van der Waals surface area contributed by atoms with Gasteiger partial charge in [0.2, 0.25) is 5.91 Å². The average Bonchev–Trinajstić information content (AvgIpc) is 2.82. The molecule has 2 heterocycles. The maximum absolute atomic E-state index is 12.0.